The van der Waals surface area contributed by atoms with Crippen LogP contribution in [-0.2, 0) is 4.79 Å². The Hall–Kier alpha value is -1.26. The Balaban J connectivity index is 2.54. The molecule has 1 fully saturated rings. The molecule has 0 radical (unpaired) electrons. The van der Waals surface area contributed by atoms with Gasteiger partial charge in [-0.25, -0.2) is 4.79 Å². The van der Waals surface area contributed by atoms with Crippen molar-refractivity contribution in [3.05, 3.63) is 0 Å². The van der Waals surface area contributed by atoms with Crippen molar-refractivity contribution in [3.8, 4) is 0 Å². The predicted octanol–water partition coefficient (Wildman–Crippen LogP) is 1.93. The predicted molar refractivity (Wildman–Crippen MR) is 69.4 cm³/mol. The molecule has 0 bridgehead atoms. The number of hydrogen-bond acceptors (Lipinski definition) is 2. The molecule has 5 nitrogen and oxygen atoms in total. The molecule has 0 aromatic rings. The van der Waals surface area contributed by atoms with Crippen molar-refractivity contribution in [1.29, 1.82) is 0 Å². The molecule has 0 aliphatic heterocycles. The largest absolute Gasteiger partial charge is 0.480 e. The zero-order chi connectivity index (χ0) is 13.9. The van der Waals surface area contributed by atoms with Crippen LogP contribution in [0, 0.1) is 11.3 Å². The van der Waals surface area contributed by atoms with Crippen molar-refractivity contribution >= 4 is 12.0 Å². The van der Waals surface area contributed by atoms with Gasteiger partial charge in [0, 0.05) is 12.6 Å². The summed E-state index contributed by atoms with van der Waals surface area (Å²) in [4.78, 5) is 24.2. The van der Waals surface area contributed by atoms with E-state index in [0.29, 0.717) is 12.5 Å². The molecule has 1 aliphatic carbocycles. The van der Waals surface area contributed by atoms with Gasteiger partial charge in [-0.15, -0.1) is 0 Å². The fourth-order valence-electron chi connectivity index (χ4n) is 1.49. The lowest BCUT2D eigenvalue weighted by Crippen LogP contribution is -2.50. The Kier molecular flexibility index (Phi) is 4.59. The first kappa shape index (κ1) is 14.8. The third-order valence-corrected chi connectivity index (χ3v) is 3.43. The minimum Gasteiger partial charge on any atom is -0.480 e. The maximum atomic E-state index is 12.1. The molecule has 1 saturated carbocycles. The number of aliphatic carboxylic acids is 1. The number of amides is 2. The van der Waals surface area contributed by atoms with Gasteiger partial charge < -0.3 is 15.3 Å². The second kappa shape index (κ2) is 5.59. The van der Waals surface area contributed by atoms with E-state index in [4.69, 9.17) is 5.11 Å². The van der Waals surface area contributed by atoms with Crippen LogP contribution in [0.15, 0.2) is 0 Å². The molecule has 18 heavy (non-hydrogen) atoms. The van der Waals surface area contributed by atoms with E-state index in [1.54, 1.807) is 0 Å². The van der Waals surface area contributed by atoms with E-state index in [2.05, 4.69) is 5.32 Å². The number of carbonyl (C=O) groups excluding carboxylic acids is 1. The van der Waals surface area contributed by atoms with Crippen LogP contribution in [0.1, 0.15) is 40.5 Å². The number of carbonyl (C=O) groups is 2. The summed E-state index contributed by atoms with van der Waals surface area (Å²) >= 11 is 0. The number of carboxylic acid groups (broad SMARTS) is 1. The fourth-order valence-corrected chi connectivity index (χ4v) is 1.49. The van der Waals surface area contributed by atoms with E-state index < -0.39 is 5.97 Å². The van der Waals surface area contributed by atoms with E-state index in [0.717, 1.165) is 12.8 Å². The van der Waals surface area contributed by atoms with Crippen LogP contribution < -0.4 is 5.32 Å². The number of rotatable bonds is 5. The first-order valence-corrected chi connectivity index (χ1v) is 6.47. The van der Waals surface area contributed by atoms with Gasteiger partial charge in [0.2, 0.25) is 0 Å². The highest BCUT2D eigenvalue weighted by atomic mass is 16.4. The monoisotopic (exact) mass is 256 g/mol. The van der Waals surface area contributed by atoms with Crippen LogP contribution in [0.25, 0.3) is 0 Å². The molecule has 2 amide bonds. The second-order valence-corrected chi connectivity index (χ2v) is 6.25. The average molecular weight is 256 g/mol. The summed E-state index contributed by atoms with van der Waals surface area (Å²) in [6.07, 6.45) is 2.19. The van der Waals surface area contributed by atoms with Crippen molar-refractivity contribution in [1.82, 2.24) is 10.2 Å². The molecule has 0 spiro atoms. The molecule has 104 valence electrons. The van der Waals surface area contributed by atoms with Crippen LogP contribution in [0.5, 0.6) is 0 Å². The molecule has 2 N–H and O–H groups in total. The van der Waals surface area contributed by atoms with Crippen LogP contribution in [-0.4, -0.2) is 41.1 Å². The van der Waals surface area contributed by atoms with Crippen molar-refractivity contribution in [2.75, 3.05) is 13.1 Å². The highest BCUT2D eigenvalue weighted by molar-refractivity contribution is 5.80. The molecule has 0 aromatic carbocycles. The Morgan fingerprint density at radius 3 is 2.33 bits per heavy atom. The van der Waals surface area contributed by atoms with Crippen molar-refractivity contribution in [2.45, 2.75) is 46.6 Å². The maximum absolute atomic E-state index is 12.1. The molecular formula is C13H24N2O3. The summed E-state index contributed by atoms with van der Waals surface area (Å²) in [6.45, 7) is 8.39. The molecule has 1 atom stereocenters. The first-order valence-electron chi connectivity index (χ1n) is 6.47. The van der Waals surface area contributed by atoms with Gasteiger partial charge in [0.15, 0.2) is 0 Å². The first-order chi connectivity index (χ1) is 8.20. The number of nitrogens with one attached hydrogen (secondary N) is 1. The molecule has 0 saturated heterocycles. The normalized spacial score (nSPS) is 17.1. The molecular weight excluding hydrogens is 232 g/mol. The zero-order valence-electron chi connectivity index (χ0n) is 11.7. The topological polar surface area (TPSA) is 69.6 Å². The Morgan fingerprint density at radius 2 is 1.94 bits per heavy atom. The van der Waals surface area contributed by atoms with Gasteiger partial charge in [-0.1, -0.05) is 20.8 Å². The van der Waals surface area contributed by atoms with Gasteiger partial charge in [0.1, 0.15) is 6.54 Å². The van der Waals surface area contributed by atoms with E-state index in [9.17, 15) is 9.59 Å². The van der Waals surface area contributed by atoms with Crippen LogP contribution >= 0.6 is 0 Å². The summed E-state index contributed by atoms with van der Waals surface area (Å²) in [5, 5.41) is 11.7. The quantitative estimate of drug-likeness (QED) is 0.789. The smallest absolute Gasteiger partial charge is 0.323 e. The Bertz CT molecular complexity index is 319. The summed E-state index contributed by atoms with van der Waals surface area (Å²) < 4.78 is 0. The van der Waals surface area contributed by atoms with Gasteiger partial charge in [-0.3, -0.25) is 4.79 Å². The second-order valence-electron chi connectivity index (χ2n) is 6.25. The van der Waals surface area contributed by atoms with Gasteiger partial charge in [-0.05, 0) is 31.1 Å². The van der Waals surface area contributed by atoms with Gasteiger partial charge in [-0.2, -0.15) is 0 Å². The molecule has 0 aromatic heterocycles. The third-order valence-electron chi connectivity index (χ3n) is 3.43. The van der Waals surface area contributed by atoms with E-state index >= 15 is 0 Å². The SMILES string of the molecule is CC(NC(=O)N(CC(=O)O)CC1CC1)C(C)(C)C. The number of hydrogen-bond donors (Lipinski definition) is 2. The number of carboxylic acids is 1. The van der Waals surface area contributed by atoms with Crippen LogP contribution in [0.4, 0.5) is 4.79 Å². The van der Waals surface area contributed by atoms with E-state index in [-0.39, 0.29) is 24.0 Å². The van der Waals surface area contributed by atoms with Gasteiger partial charge >= 0.3 is 12.0 Å². The minimum atomic E-state index is -0.964. The van der Waals surface area contributed by atoms with Gasteiger partial charge in [0.05, 0.1) is 0 Å². The lowest BCUT2D eigenvalue weighted by Gasteiger charge is -2.31. The lowest BCUT2D eigenvalue weighted by molar-refractivity contribution is -0.137. The lowest BCUT2D eigenvalue weighted by atomic mass is 9.88. The Morgan fingerprint density at radius 1 is 1.39 bits per heavy atom. The summed E-state index contributed by atoms with van der Waals surface area (Å²) in [7, 11) is 0. The fraction of sp³-hybridized carbons (Fsp3) is 0.846. The van der Waals surface area contributed by atoms with Crippen molar-refractivity contribution in [2.24, 2.45) is 11.3 Å². The molecule has 5 heteroatoms. The Labute approximate surface area is 109 Å². The molecule has 0 heterocycles. The van der Waals surface area contributed by atoms with E-state index in [1.165, 1.54) is 4.90 Å². The van der Waals surface area contributed by atoms with Crippen LogP contribution in [0.3, 0.4) is 0 Å². The molecule has 1 aliphatic rings. The van der Waals surface area contributed by atoms with Crippen LogP contribution in [0.2, 0.25) is 0 Å². The summed E-state index contributed by atoms with van der Waals surface area (Å²) in [5.41, 5.74) is -0.0376. The van der Waals surface area contributed by atoms with Crippen molar-refractivity contribution < 1.29 is 14.7 Å². The standard InChI is InChI=1S/C13H24N2O3/c1-9(13(2,3)4)14-12(18)15(8-11(16)17)7-10-5-6-10/h9-10H,5-8H2,1-4H3,(H,14,18)(H,16,17). The molecule has 1 rings (SSSR count). The highest BCUT2D eigenvalue weighted by Gasteiger charge is 2.30. The average Bonchev–Trinajstić information content (AvgIpc) is 2.98. The minimum absolute atomic E-state index is 0.000461. The maximum Gasteiger partial charge on any atom is 0.323 e. The van der Waals surface area contributed by atoms with Gasteiger partial charge in [0.25, 0.3) is 0 Å². The highest BCUT2D eigenvalue weighted by Crippen LogP contribution is 2.29. The number of nitrogens with zero attached hydrogens (tertiary/aromatic N) is 1. The number of urea groups is 1. The third kappa shape index (κ3) is 4.94. The van der Waals surface area contributed by atoms with Crippen molar-refractivity contribution in [3.63, 3.8) is 0 Å². The molecule has 1 unspecified atom stereocenters. The van der Waals surface area contributed by atoms with E-state index in [1.807, 2.05) is 27.7 Å². The zero-order valence-corrected chi connectivity index (χ0v) is 11.7. The summed E-state index contributed by atoms with van der Waals surface area (Å²) in [6, 6.07) is -0.271. The summed E-state index contributed by atoms with van der Waals surface area (Å²) in [5.74, 6) is -0.478.